The van der Waals surface area contributed by atoms with Gasteiger partial charge in [-0.1, -0.05) is 11.6 Å². The number of benzene rings is 1. The number of anilines is 1. The number of carbonyl (C=O) groups excluding carboxylic acids is 1. The minimum atomic E-state index is -4.55. The molecule has 0 saturated heterocycles. The Balaban J connectivity index is 1.57. The number of aromatic amines is 1. The van der Waals surface area contributed by atoms with E-state index in [9.17, 15) is 22.8 Å². The van der Waals surface area contributed by atoms with E-state index in [4.69, 9.17) is 11.6 Å². The Morgan fingerprint density at radius 3 is 2.78 bits per heavy atom. The van der Waals surface area contributed by atoms with Gasteiger partial charge in [0, 0.05) is 17.8 Å². The minimum Gasteiger partial charge on any atom is -0.326 e. The van der Waals surface area contributed by atoms with Gasteiger partial charge in [0.25, 0.3) is 0 Å². The fraction of sp³-hybridized carbons (Fsp3) is 0.389. The third-order valence-corrected chi connectivity index (χ3v) is 5.72. The Bertz CT molecular complexity index is 973. The SMILES string of the molecule is O=C(Nc1ccc(C(F)(F)F)c(Cl)c1)C1[C@@H]2CC[C@@H]1c1c[nH]c(=O)nc1C2. The van der Waals surface area contributed by atoms with Crippen molar-refractivity contribution in [2.45, 2.75) is 31.4 Å². The Hall–Kier alpha value is -2.35. The molecule has 9 heteroatoms. The Morgan fingerprint density at radius 1 is 1.30 bits per heavy atom. The van der Waals surface area contributed by atoms with Crippen molar-refractivity contribution in [1.82, 2.24) is 9.97 Å². The van der Waals surface area contributed by atoms with Crippen LogP contribution >= 0.6 is 11.6 Å². The van der Waals surface area contributed by atoms with Gasteiger partial charge in [0.15, 0.2) is 0 Å². The van der Waals surface area contributed by atoms with E-state index in [0.717, 1.165) is 36.2 Å². The van der Waals surface area contributed by atoms with Crippen LogP contribution in [0.4, 0.5) is 18.9 Å². The molecule has 1 heterocycles. The van der Waals surface area contributed by atoms with Crippen molar-refractivity contribution in [2.24, 2.45) is 11.8 Å². The van der Waals surface area contributed by atoms with Crippen molar-refractivity contribution in [1.29, 1.82) is 0 Å². The predicted molar refractivity (Wildman–Crippen MR) is 92.6 cm³/mol. The zero-order valence-corrected chi connectivity index (χ0v) is 14.7. The van der Waals surface area contributed by atoms with Gasteiger partial charge in [-0.2, -0.15) is 18.2 Å². The molecule has 1 amide bonds. The summed E-state index contributed by atoms with van der Waals surface area (Å²) >= 11 is 5.72. The van der Waals surface area contributed by atoms with Gasteiger partial charge < -0.3 is 10.3 Å². The summed E-state index contributed by atoms with van der Waals surface area (Å²) in [5.41, 5.74) is 0.476. The summed E-state index contributed by atoms with van der Waals surface area (Å²) in [6, 6.07) is 3.17. The second-order valence-corrected chi connectivity index (χ2v) is 7.37. The van der Waals surface area contributed by atoms with E-state index >= 15 is 0 Å². The molecule has 0 spiro atoms. The first-order chi connectivity index (χ1) is 12.7. The summed E-state index contributed by atoms with van der Waals surface area (Å²) in [5, 5.41) is 2.23. The van der Waals surface area contributed by atoms with E-state index in [1.54, 1.807) is 6.20 Å². The van der Waals surface area contributed by atoms with Crippen LogP contribution in [0.3, 0.4) is 0 Å². The summed E-state index contributed by atoms with van der Waals surface area (Å²) in [6.45, 7) is 0. The third-order valence-electron chi connectivity index (χ3n) is 5.41. The van der Waals surface area contributed by atoms with Gasteiger partial charge in [0.2, 0.25) is 5.91 Å². The van der Waals surface area contributed by atoms with Crippen LogP contribution in [0.25, 0.3) is 0 Å². The van der Waals surface area contributed by atoms with E-state index in [1.807, 2.05) is 0 Å². The number of aromatic nitrogens is 2. The lowest BCUT2D eigenvalue weighted by atomic mass is 9.76. The second kappa shape index (κ2) is 6.37. The highest BCUT2D eigenvalue weighted by molar-refractivity contribution is 6.31. The quantitative estimate of drug-likeness (QED) is 0.810. The standard InChI is InChI=1S/C18H15ClF3N3O2/c19-13-6-9(2-4-12(13)18(20,21)22)24-16(26)15-8-1-3-10(15)11-7-23-17(27)25-14(11)5-8/h2,4,6-8,10,15H,1,3,5H2,(H,24,26)(H,23,25,27)/t8-,10-,15?/m1/s1. The molecule has 0 radical (unpaired) electrons. The number of fused-ring (bicyclic) bond motifs is 4. The van der Waals surface area contributed by atoms with Crippen LogP contribution in [-0.2, 0) is 17.4 Å². The van der Waals surface area contributed by atoms with Crippen molar-refractivity contribution in [2.75, 3.05) is 5.32 Å². The van der Waals surface area contributed by atoms with Crippen LogP contribution < -0.4 is 11.0 Å². The molecule has 27 heavy (non-hydrogen) atoms. The number of hydrogen-bond acceptors (Lipinski definition) is 3. The smallest absolute Gasteiger partial charge is 0.326 e. The number of amides is 1. The summed E-state index contributed by atoms with van der Waals surface area (Å²) in [5.74, 6) is -0.573. The van der Waals surface area contributed by atoms with Crippen molar-refractivity contribution in [3.05, 3.63) is 56.7 Å². The number of carbonyl (C=O) groups is 1. The number of hydrogen-bond donors (Lipinski definition) is 2. The molecule has 2 aromatic rings. The normalized spacial score (nSPS) is 23.8. The number of nitrogens with one attached hydrogen (secondary N) is 2. The van der Waals surface area contributed by atoms with Crippen molar-refractivity contribution >= 4 is 23.2 Å². The summed E-state index contributed by atoms with van der Waals surface area (Å²) in [7, 11) is 0. The van der Waals surface area contributed by atoms with Gasteiger partial charge in [-0.05, 0) is 54.9 Å². The van der Waals surface area contributed by atoms with Crippen LogP contribution in [0.2, 0.25) is 5.02 Å². The molecule has 0 aliphatic heterocycles. The molecule has 1 unspecified atom stereocenters. The summed E-state index contributed by atoms with van der Waals surface area (Å²) < 4.78 is 38.4. The van der Waals surface area contributed by atoms with Crippen LogP contribution in [0.1, 0.15) is 35.6 Å². The highest BCUT2D eigenvalue weighted by Crippen LogP contribution is 2.50. The Kier molecular flexibility index (Phi) is 4.25. The van der Waals surface area contributed by atoms with Crippen LogP contribution in [0.15, 0.2) is 29.2 Å². The minimum absolute atomic E-state index is 0.0571. The first kappa shape index (κ1) is 18.0. The van der Waals surface area contributed by atoms with Crippen LogP contribution in [0.5, 0.6) is 0 Å². The van der Waals surface area contributed by atoms with Crippen molar-refractivity contribution < 1.29 is 18.0 Å². The molecule has 4 rings (SSSR count). The number of H-pyrrole nitrogens is 1. The maximum Gasteiger partial charge on any atom is 0.417 e. The molecule has 1 saturated carbocycles. The van der Waals surface area contributed by atoms with Gasteiger partial charge in [-0.3, -0.25) is 4.79 Å². The Morgan fingerprint density at radius 2 is 2.07 bits per heavy atom. The summed E-state index contributed by atoms with van der Waals surface area (Å²) in [6.07, 6.45) is -0.748. The van der Waals surface area contributed by atoms with Gasteiger partial charge in [0.1, 0.15) is 0 Å². The maximum atomic E-state index is 12.8. The lowest BCUT2D eigenvalue weighted by Gasteiger charge is -2.30. The first-order valence-electron chi connectivity index (χ1n) is 8.50. The first-order valence-corrected chi connectivity index (χ1v) is 8.88. The number of halogens is 4. The van der Waals surface area contributed by atoms with E-state index in [1.165, 1.54) is 6.07 Å². The molecule has 1 fully saturated rings. The van der Waals surface area contributed by atoms with E-state index in [0.29, 0.717) is 6.42 Å². The summed E-state index contributed by atoms with van der Waals surface area (Å²) in [4.78, 5) is 30.8. The topological polar surface area (TPSA) is 74.8 Å². The molecule has 2 aliphatic rings. The second-order valence-electron chi connectivity index (χ2n) is 6.96. The number of alkyl halides is 3. The molecule has 1 aromatic carbocycles. The third kappa shape index (κ3) is 3.22. The van der Waals surface area contributed by atoms with E-state index in [2.05, 4.69) is 15.3 Å². The molecule has 142 valence electrons. The lowest BCUT2D eigenvalue weighted by molar-refractivity contribution is -0.137. The Labute approximate surface area is 157 Å². The van der Waals surface area contributed by atoms with Gasteiger partial charge in [0.05, 0.1) is 16.3 Å². The van der Waals surface area contributed by atoms with Gasteiger partial charge in [-0.15, -0.1) is 0 Å². The molecular weight excluding hydrogens is 383 g/mol. The molecule has 1 aromatic heterocycles. The molecular formula is C18H15ClF3N3O2. The molecule has 2 N–H and O–H groups in total. The van der Waals surface area contributed by atoms with E-state index < -0.39 is 22.5 Å². The van der Waals surface area contributed by atoms with Gasteiger partial charge in [-0.25, -0.2) is 4.79 Å². The fourth-order valence-electron chi connectivity index (χ4n) is 4.28. The van der Waals surface area contributed by atoms with Crippen LogP contribution in [0, 0.1) is 11.8 Å². The average molecular weight is 398 g/mol. The van der Waals surface area contributed by atoms with Crippen molar-refractivity contribution in [3.8, 4) is 0 Å². The fourth-order valence-corrected chi connectivity index (χ4v) is 4.57. The lowest BCUT2D eigenvalue weighted by Crippen LogP contribution is -2.35. The maximum absolute atomic E-state index is 12.8. The van der Waals surface area contributed by atoms with Crippen molar-refractivity contribution in [3.63, 3.8) is 0 Å². The predicted octanol–water partition coefficient (Wildman–Crippen LogP) is 3.75. The molecule has 3 atom stereocenters. The van der Waals surface area contributed by atoms with E-state index in [-0.39, 0.29) is 29.3 Å². The highest BCUT2D eigenvalue weighted by Gasteiger charge is 2.46. The van der Waals surface area contributed by atoms with Crippen LogP contribution in [-0.4, -0.2) is 15.9 Å². The largest absolute Gasteiger partial charge is 0.417 e. The monoisotopic (exact) mass is 397 g/mol. The van der Waals surface area contributed by atoms with Gasteiger partial charge >= 0.3 is 11.9 Å². The average Bonchev–Trinajstić information content (AvgIpc) is 2.89. The number of rotatable bonds is 2. The zero-order chi connectivity index (χ0) is 19.3. The zero-order valence-electron chi connectivity index (χ0n) is 13.9. The highest BCUT2D eigenvalue weighted by atomic mass is 35.5. The number of nitrogens with zero attached hydrogens (tertiary/aromatic N) is 1. The molecule has 2 aliphatic carbocycles. The molecule has 5 nitrogen and oxygen atoms in total. The molecule has 2 bridgehead atoms.